The van der Waals surface area contributed by atoms with Gasteiger partial charge in [0.15, 0.2) is 0 Å². The molecule has 1 atom stereocenters. The van der Waals surface area contributed by atoms with E-state index in [0.29, 0.717) is 0 Å². The largest absolute Gasteiger partial charge is 0.508 e. The number of hydrogen-bond acceptors (Lipinski definition) is 3. The third-order valence-electron chi connectivity index (χ3n) is 2.17. The lowest BCUT2D eigenvalue weighted by molar-refractivity contribution is 0.250. The molecule has 0 amide bonds. The fraction of sp³-hybridized carbons (Fsp3) is 0.400. The van der Waals surface area contributed by atoms with Crippen LogP contribution in [0.3, 0.4) is 0 Å². The molecular formula is C10H15NO2. The van der Waals surface area contributed by atoms with Crippen LogP contribution in [0.25, 0.3) is 0 Å². The van der Waals surface area contributed by atoms with Crippen molar-refractivity contribution in [1.82, 2.24) is 5.32 Å². The molecule has 1 aromatic carbocycles. The summed E-state index contributed by atoms with van der Waals surface area (Å²) < 4.78 is 0. The van der Waals surface area contributed by atoms with Crippen LogP contribution in [0.5, 0.6) is 5.75 Å². The van der Waals surface area contributed by atoms with Crippen LogP contribution in [0.2, 0.25) is 0 Å². The first kappa shape index (κ1) is 10.0. The molecule has 0 radical (unpaired) electrons. The van der Waals surface area contributed by atoms with Gasteiger partial charge in [-0.2, -0.15) is 0 Å². The van der Waals surface area contributed by atoms with Crippen LogP contribution >= 0.6 is 0 Å². The summed E-state index contributed by atoms with van der Waals surface area (Å²) in [4.78, 5) is 0. The second-order valence-corrected chi connectivity index (χ2v) is 3.06. The Kier molecular flexibility index (Phi) is 3.28. The number of rotatable bonds is 3. The highest BCUT2D eigenvalue weighted by atomic mass is 16.3. The van der Waals surface area contributed by atoms with E-state index in [1.165, 1.54) is 0 Å². The maximum atomic E-state index is 9.27. The Balaban J connectivity index is 3.03. The number of nitrogens with one attached hydrogen (secondary N) is 1. The van der Waals surface area contributed by atoms with Crippen molar-refractivity contribution in [2.75, 3.05) is 13.7 Å². The van der Waals surface area contributed by atoms with E-state index >= 15 is 0 Å². The Morgan fingerprint density at radius 3 is 2.69 bits per heavy atom. The molecule has 0 fully saturated rings. The minimum Gasteiger partial charge on any atom is -0.508 e. The first-order valence-electron chi connectivity index (χ1n) is 4.26. The maximum Gasteiger partial charge on any atom is 0.115 e. The quantitative estimate of drug-likeness (QED) is 0.651. The average Bonchev–Trinajstić information content (AvgIpc) is 2.13. The van der Waals surface area contributed by atoms with Gasteiger partial charge in [0.05, 0.1) is 12.6 Å². The number of aliphatic hydroxyl groups is 1. The van der Waals surface area contributed by atoms with E-state index in [9.17, 15) is 5.11 Å². The monoisotopic (exact) mass is 181 g/mol. The van der Waals surface area contributed by atoms with Crippen LogP contribution in [-0.4, -0.2) is 23.9 Å². The van der Waals surface area contributed by atoms with Crippen LogP contribution in [0.1, 0.15) is 17.2 Å². The van der Waals surface area contributed by atoms with Gasteiger partial charge in [-0.3, -0.25) is 0 Å². The molecule has 0 bridgehead atoms. The first-order valence-corrected chi connectivity index (χ1v) is 4.26. The predicted molar refractivity (Wildman–Crippen MR) is 51.7 cm³/mol. The Labute approximate surface area is 78.0 Å². The molecule has 72 valence electrons. The van der Waals surface area contributed by atoms with Crippen LogP contribution in [0, 0.1) is 6.92 Å². The molecule has 0 unspecified atom stereocenters. The average molecular weight is 181 g/mol. The van der Waals surface area contributed by atoms with Crippen molar-refractivity contribution in [2.24, 2.45) is 0 Å². The fourth-order valence-electron chi connectivity index (χ4n) is 1.35. The molecule has 0 aliphatic rings. The van der Waals surface area contributed by atoms with Gasteiger partial charge < -0.3 is 15.5 Å². The lowest BCUT2D eigenvalue weighted by Crippen LogP contribution is -2.20. The van der Waals surface area contributed by atoms with E-state index in [-0.39, 0.29) is 18.4 Å². The molecule has 0 saturated heterocycles. The van der Waals surface area contributed by atoms with E-state index in [1.54, 1.807) is 19.2 Å². The number of aryl methyl sites for hydroxylation is 1. The number of aliphatic hydroxyl groups excluding tert-OH is 1. The predicted octanol–water partition coefficient (Wildman–Crippen LogP) is 0.953. The molecule has 3 N–H and O–H groups in total. The SMILES string of the molecule is CN[C@@H](CO)c1cc(O)ccc1C. The summed E-state index contributed by atoms with van der Waals surface area (Å²) in [5.74, 6) is 0.231. The molecule has 0 aromatic heterocycles. The third-order valence-corrected chi connectivity index (χ3v) is 2.17. The summed E-state index contributed by atoms with van der Waals surface area (Å²) in [6, 6.07) is 5.05. The van der Waals surface area contributed by atoms with Crippen molar-refractivity contribution in [2.45, 2.75) is 13.0 Å². The Morgan fingerprint density at radius 2 is 2.15 bits per heavy atom. The third kappa shape index (κ3) is 2.20. The highest BCUT2D eigenvalue weighted by Crippen LogP contribution is 2.21. The molecule has 13 heavy (non-hydrogen) atoms. The van der Waals surface area contributed by atoms with Crippen LogP contribution in [0.15, 0.2) is 18.2 Å². The number of phenols is 1. The first-order chi connectivity index (χ1) is 6.19. The zero-order valence-electron chi connectivity index (χ0n) is 7.91. The van der Waals surface area contributed by atoms with Gasteiger partial charge in [0.25, 0.3) is 0 Å². The fourth-order valence-corrected chi connectivity index (χ4v) is 1.35. The van der Waals surface area contributed by atoms with Crippen LogP contribution in [0.4, 0.5) is 0 Å². The van der Waals surface area contributed by atoms with Crippen molar-refractivity contribution in [3.8, 4) is 5.75 Å². The summed E-state index contributed by atoms with van der Waals surface area (Å²) in [6.45, 7) is 1.98. The van der Waals surface area contributed by atoms with E-state index in [4.69, 9.17) is 5.11 Å². The normalized spacial score (nSPS) is 12.8. The van der Waals surface area contributed by atoms with Crippen molar-refractivity contribution in [3.05, 3.63) is 29.3 Å². The van der Waals surface area contributed by atoms with Crippen molar-refractivity contribution in [3.63, 3.8) is 0 Å². The summed E-state index contributed by atoms with van der Waals surface area (Å²) in [5, 5.41) is 21.3. The standard InChI is InChI=1S/C10H15NO2/c1-7-3-4-8(13)5-9(7)10(6-12)11-2/h3-5,10-13H,6H2,1-2H3/t10-/m0/s1. The van der Waals surface area contributed by atoms with Gasteiger partial charge in [-0.05, 0) is 37.2 Å². The van der Waals surface area contributed by atoms with Gasteiger partial charge >= 0.3 is 0 Å². The zero-order chi connectivity index (χ0) is 9.84. The smallest absolute Gasteiger partial charge is 0.115 e. The topological polar surface area (TPSA) is 52.5 Å². The maximum absolute atomic E-state index is 9.27. The molecule has 1 rings (SSSR count). The molecular weight excluding hydrogens is 166 g/mol. The number of aromatic hydroxyl groups is 1. The number of likely N-dealkylation sites (N-methyl/N-ethyl adjacent to an activating group) is 1. The Morgan fingerprint density at radius 1 is 1.46 bits per heavy atom. The van der Waals surface area contributed by atoms with Crippen molar-refractivity contribution < 1.29 is 10.2 Å². The van der Waals surface area contributed by atoms with Gasteiger partial charge in [0, 0.05) is 0 Å². The Hall–Kier alpha value is -1.06. The summed E-state index contributed by atoms with van der Waals surface area (Å²) in [7, 11) is 1.78. The van der Waals surface area contributed by atoms with Gasteiger partial charge in [0.1, 0.15) is 5.75 Å². The van der Waals surface area contributed by atoms with Crippen molar-refractivity contribution >= 4 is 0 Å². The highest BCUT2D eigenvalue weighted by molar-refractivity contribution is 5.36. The lowest BCUT2D eigenvalue weighted by Gasteiger charge is -2.16. The number of benzene rings is 1. The highest BCUT2D eigenvalue weighted by Gasteiger charge is 2.10. The second-order valence-electron chi connectivity index (χ2n) is 3.06. The van der Waals surface area contributed by atoms with Gasteiger partial charge in [-0.15, -0.1) is 0 Å². The molecule has 0 aliphatic heterocycles. The van der Waals surface area contributed by atoms with Gasteiger partial charge in [-0.25, -0.2) is 0 Å². The van der Waals surface area contributed by atoms with E-state index < -0.39 is 0 Å². The summed E-state index contributed by atoms with van der Waals surface area (Å²) >= 11 is 0. The zero-order valence-corrected chi connectivity index (χ0v) is 7.91. The molecule has 0 heterocycles. The molecule has 0 spiro atoms. The van der Waals surface area contributed by atoms with E-state index in [1.807, 2.05) is 13.0 Å². The van der Waals surface area contributed by atoms with Gasteiger partial charge in [-0.1, -0.05) is 6.07 Å². The number of phenolic OH excluding ortho intramolecular Hbond substituents is 1. The molecule has 3 nitrogen and oxygen atoms in total. The minimum atomic E-state index is -0.105. The minimum absolute atomic E-state index is 0.0286. The van der Waals surface area contributed by atoms with E-state index in [0.717, 1.165) is 11.1 Å². The van der Waals surface area contributed by atoms with Gasteiger partial charge in [0.2, 0.25) is 0 Å². The molecule has 0 saturated carbocycles. The van der Waals surface area contributed by atoms with Crippen LogP contribution in [-0.2, 0) is 0 Å². The Bertz CT molecular complexity index is 282. The summed E-state index contributed by atoms with van der Waals surface area (Å²) in [6.07, 6.45) is 0. The molecule has 1 aromatic rings. The summed E-state index contributed by atoms with van der Waals surface area (Å²) in [5.41, 5.74) is 2.00. The van der Waals surface area contributed by atoms with Crippen molar-refractivity contribution in [1.29, 1.82) is 0 Å². The lowest BCUT2D eigenvalue weighted by atomic mass is 10.0. The van der Waals surface area contributed by atoms with E-state index in [2.05, 4.69) is 5.32 Å². The number of hydrogen-bond donors (Lipinski definition) is 3. The van der Waals surface area contributed by atoms with Crippen LogP contribution < -0.4 is 5.32 Å². The second kappa shape index (κ2) is 4.25. The molecule has 3 heteroatoms. The molecule has 0 aliphatic carbocycles.